The third-order valence-corrected chi connectivity index (χ3v) is 4.20. The fraction of sp³-hybridized carbons (Fsp3) is 0.471. The monoisotopic (exact) mass is 334 g/mol. The molecule has 1 aromatic rings. The number of amides is 3. The standard InChI is InChI=1S/C17H22N2O5/c1-11(24-2)15(14(21)10-20)19-16(22)13(18-17(19)23)9-8-12-6-4-3-5-7-12/h3-7,11,13,15,20H,8-10H2,1-2H3,(H,18,23)/t11?,13-,15+/m0/s1. The Morgan fingerprint density at radius 2 is 2.00 bits per heavy atom. The molecule has 7 heteroatoms. The third kappa shape index (κ3) is 3.80. The molecule has 3 amide bonds. The predicted molar refractivity (Wildman–Crippen MR) is 86.3 cm³/mol. The van der Waals surface area contributed by atoms with Crippen LogP contribution in [-0.2, 0) is 20.7 Å². The number of benzene rings is 1. The van der Waals surface area contributed by atoms with Gasteiger partial charge in [-0.15, -0.1) is 0 Å². The van der Waals surface area contributed by atoms with Gasteiger partial charge in [0.2, 0.25) is 0 Å². The number of urea groups is 1. The summed E-state index contributed by atoms with van der Waals surface area (Å²) in [4.78, 5) is 37.6. The maximum atomic E-state index is 12.6. The van der Waals surface area contributed by atoms with Gasteiger partial charge in [-0.05, 0) is 25.3 Å². The van der Waals surface area contributed by atoms with Gasteiger partial charge in [0, 0.05) is 7.11 Å². The minimum atomic E-state index is -1.13. The molecule has 2 rings (SSSR count). The second kappa shape index (κ2) is 8.03. The molecule has 1 saturated heterocycles. The van der Waals surface area contributed by atoms with E-state index in [1.807, 2.05) is 30.3 Å². The summed E-state index contributed by atoms with van der Waals surface area (Å²) in [5.41, 5.74) is 1.06. The average Bonchev–Trinajstić information content (AvgIpc) is 2.88. The van der Waals surface area contributed by atoms with E-state index < -0.39 is 42.5 Å². The highest BCUT2D eigenvalue weighted by Gasteiger charge is 2.46. The summed E-state index contributed by atoms with van der Waals surface area (Å²) in [6.07, 6.45) is 0.364. The van der Waals surface area contributed by atoms with Gasteiger partial charge < -0.3 is 15.2 Å². The number of imide groups is 1. The minimum Gasteiger partial charge on any atom is -0.388 e. The van der Waals surface area contributed by atoms with E-state index in [1.54, 1.807) is 6.92 Å². The lowest BCUT2D eigenvalue weighted by Gasteiger charge is -2.28. The second-order valence-corrected chi connectivity index (χ2v) is 5.74. The Kier molecular flexibility index (Phi) is 6.05. The van der Waals surface area contributed by atoms with E-state index in [4.69, 9.17) is 9.84 Å². The summed E-state index contributed by atoms with van der Waals surface area (Å²) in [7, 11) is 1.38. The molecule has 0 bridgehead atoms. The molecule has 0 saturated carbocycles. The van der Waals surface area contributed by atoms with Crippen LogP contribution >= 0.6 is 0 Å². The topological polar surface area (TPSA) is 95.9 Å². The number of rotatable bonds is 8. The summed E-state index contributed by atoms with van der Waals surface area (Å²) in [5, 5.41) is 11.7. The Hall–Kier alpha value is -2.25. The number of methoxy groups -OCH3 is 1. The van der Waals surface area contributed by atoms with Crippen LogP contribution in [0.3, 0.4) is 0 Å². The van der Waals surface area contributed by atoms with Gasteiger partial charge in [0.25, 0.3) is 5.91 Å². The molecule has 1 heterocycles. The summed E-state index contributed by atoms with van der Waals surface area (Å²) >= 11 is 0. The minimum absolute atomic E-state index is 0.437. The third-order valence-electron chi connectivity index (χ3n) is 4.20. The molecule has 1 unspecified atom stereocenters. The van der Waals surface area contributed by atoms with Crippen molar-refractivity contribution in [3.05, 3.63) is 35.9 Å². The first kappa shape index (κ1) is 18.1. The molecule has 24 heavy (non-hydrogen) atoms. The van der Waals surface area contributed by atoms with Gasteiger partial charge in [0.1, 0.15) is 18.7 Å². The molecule has 130 valence electrons. The fourth-order valence-electron chi connectivity index (χ4n) is 2.80. The highest BCUT2D eigenvalue weighted by atomic mass is 16.5. The van der Waals surface area contributed by atoms with Crippen LogP contribution in [0.4, 0.5) is 4.79 Å². The first-order valence-corrected chi connectivity index (χ1v) is 7.83. The maximum absolute atomic E-state index is 12.6. The Bertz CT molecular complexity index is 604. The van der Waals surface area contributed by atoms with Crippen molar-refractivity contribution in [2.75, 3.05) is 13.7 Å². The molecule has 1 aliphatic rings. The van der Waals surface area contributed by atoms with Crippen LogP contribution in [0, 0.1) is 0 Å². The van der Waals surface area contributed by atoms with Crippen molar-refractivity contribution >= 4 is 17.7 Å². The smallest absolute Gasteiger partial charge is 0.325 e. The largest absolute Gasteiger partial charge is 0.388 e. The number of nitrogens with zero attached hydrogens (tertiary/aromatic N) is 1. The zero-order chi connectivity index (χ0) is 17.7. The molecule has 0 aliphatic carbocycles. The SMILES string of the molecule is COC(C)[C@H](C(=O)CO)N1C(=O)N[C@@H](CCc2ccccc2)C1=O. The molecule has 3 atom stereocenters. The molecule has 1 fully saturated rings. The van der Waals surface area contributed by atoms with Gasteiger partial charge in [-0.3, -0.25) is 9.59 Å². The molecule has 7 nitrogen and oxygen atoms in total. The number of aliphatic hydroxyl groups is 1. The molecule has 1 aromatic carbocycles. The Labute approximate surface area is 140 Å². The Morgan fingerprint density at radius 3 is 2.58 bits per heavy atom. The summed E-state index contributed by atoms with van der Waals surface area (Å²) in [6.45, 7) is 0.820. The molecule has 0 spiro atoms. The number of ketones is 1. The average molecular weight is 334 g/mol. The van der Waals surface area contributed by atoms with Crippen LogP contribution in [0.1, 0.15) is 18.9 Å². The van der Waals surface area contributed by atoms with E-state index in [-0.39, 0.29) is 0 Å². The Balaban J connectivity index is 2.10. The first-order chi connectivity index (χ1) is 11.5. The van der Waals surface area contributed by atoms with E-state index in [0.29, 0.717) is 12.8 Å². The van der Waals surface area contributed by atoms with Gasteiger partial charge in [0.05, 0.1) is 6.10 Å². The lowest BCUT2D eigenvalue weighted by Crippen LogP contribution is -2.52. The molecular weight excluding hydrogens is 312 g/mol. The number of hydrogen-bond acceptors (Lipinski definition) is 5. The van der Waals surface area contributed by atoms with Crippen LogP contribution in [0.5, 0.6) is 0 Å². The lowest BCUT2D eigenvalue weighted by molar-refractivity contribution is -0.140. The maximum Gasteiger partial charge on any atom is 0.325 e. The van der Waals surface area contributed by atoms with Crippen molar-refractivity contribution in [1.29, 1.82) is 0 Å². The molecule has 0 aromatic heterocycles. The lowest BCUT2D eigenvalue weighted by atomic mass is 10.0. The van der Waals surface area contributed by atoms with E-state index in [0.717, 1.165) is 10.5 Å². The quantitative estimate of drug-likeness (QED) is 0.675. The molecular formula is C17H22N2O5. The van der Waals surface area contributed by atoms with Gasteiger partial charge in [-0.1, -0.05) is 30.3 Å². The van der Waals surface area contributed by atoms with Gasteiger partial charge in [0.15, 0.2) is 5.78 Å². The van der Waals surface area contributed by atoms with Crippen molar-refractivity contribution in [2.45, 2.75) is 38.0 Å². The number of nitrogens with one attached hydrogen (secondary N) is 1. The van der Waals surface area contributed by atoms with E-state index in [2.05, 4.69) is 5.32 Å². The van der Waals surface area contributed by atoms with Crippen LogP contribution in [0.25, 0.3) is 0 Å². The van der Waals surface area contributed by atoms with Crippen molar-refractivity contribution in [3.8, 4) is 0 Å². The molecule has 0 radical (unpaired) electrons. The number of ether oxygens (including phenoxy) is 1. The highest BCUT2D eigenvalue weighted by Crippen LogP contribution is 2.19. The van der Waals surface area contributed by atoms with Crippen LogP contribution in [0.15, 0.2) is 30.3 Å². The summed E-state index contributed by atoms with van der Waals surface area (Å²) in [5.74, 6) is -1.09. The number of Topliss-reactive ketones (excluding diaryl/α,β-unsaturated/α-hetero) is 1. The van der Waals surface area contributed by atoms with Gasteiger partial charge in [-0.25, -0.2) is 9.69 Å². The van der Waals surface area contributed by atoms with Gasteiger partial charge >= 0.3 is 6.03 Å². The Morgan fingerprint density at radius 1 is 1.33 bits per heavy atom. The van der Waals surface area contributed by atoms with E-state index in [9.17, 15) is 14.4 Å². The number of carbonyl (C=O) groups is 3. The van der Waals surface area contributed by atoms with Crippen molar-refractivity contribution in [2.24, 2.45) is 0 Å². The molecule has 2 N–H and O–H groups in total. The highest BCUT2D eigenvalue weighted by molar-refractivity contribution is 6.08. The van der Waals surface area contributed by atoms with Crippen molar-refractivity contribution in [3.63, 3.8) is 0 Å². The summed E-state index contributed by atoms with van der Waals surface area (Å²) in [6, 6.07) is 7.18. The normalized spacial score (nSPS) is 20.0. The first-order valence-electron chi connectivity index (χ1n) is 7.83. The van der Waals surface area contributed by atoms with Crippen LogP contribution in [0.2, 0.25) is 0 Å². The fourth-order valence-corrected chi connectivity index (χ4v) is 2.80. The number of aliphatic hydroxyl groups excluding tert-OH is 1. The van der Waals surface area contributed by atoms with Crippen LogP contribution < -0.4 is 5.32 Å². The summed E-state index contributed by atoms with van der Waals surface area (Å²) < 4.78 is 5.10. The zero-order valence-corrected chi connectivity index (χ0v) is 13.8. The van der Waals surface area contributed by atoms with Crippen molar-refractivity contribution in [1.82, 2.24) is 10.2 Å². The van der Waals surface area contributed by atoms with E-state index in [1.165, 1.54) is 7.11 Å². The number of carbonyl (C=O) groups excluding carboxylic acids is 3. The van der Waals surface area contributed by atoms with E-state index >= 15 is 0 Å². The number of hydrogen-bond donors (Lipinski definition) is 2. The van der Waals surface area contributed by atoms with Crippen LogP contribution in [-0.4, -0.2) is 59.6 Å². The molecule has 1 aliphatic heterocycles. The number of aryl methyl sites for hydroxylation is 1. The predicted octanol–water partition coefficient (Wildman–Crippen LogP) is 0.504. The van der Waals surface area contributed by atoms with Gasteiger partial charge in [-0.2, -0.15) is 0 Å². The zero-order valence-electron chi connectivity index (χ0n) is 13.8. The van der Waals surface area contributed by atoms with Crippen molar-refractivity contribution < 1.29 is 24.2 Å². The second-order valence-electron chi connectivity index (χ2n) is 5.74.